The number of fused-ring (bicyclic) bond motifs is 1. The first-order valence-corrected chi connectivity index (χ1v) is 8.59. The number of hydrogen-bond acceptors (Lipinski definition) is 6. The summed E-state index contributed by atoms with van der Waals surface area (Å²) in [6.07, 6.45) is 3.46. The maximum Gasteiger partial charge on any atom is 0.226 e. The van der Waals surface area contributed by atoms with Crippen LogP contribution in [0.3, 0.4) is 0 Å². The van der Waals surface area contributed by atoms with E-state index in [1.165, 1.54) is 18.5 Å². The van der Waals surface area contributed by atoms with Gasteiger partial charge in [0, 0.05) is 11.3 Å². The van der Waals surface area contributed by atoms with Crippen LogP contribution in [0.25, 0.3) is 5.70 Å². The first-order chi connectivity index (χ1) is 13.7. The van der Waals surface area contributed by atoms with Crippen molar-refractivity contribution in [2.45, 2.75) is 6.04 Å². The molecule has 0 spiro atoms. The van der Waals surface area contributed by atoms with E-state index >= 15 is 0 Å². The summed E-state index contributed by atoms with van der Waals surface area (Å²) in [5.41, 5.74) is 2.45. The Hall–Kier alpha value is -3.55. The van der Waals surface area contributed by atoms with Crippen molar-refractivity contribution in [2.75, 3.05) is 26.6 Å². The molecular formula is C20H19FN4O3. The van der Waals surface area contributed by atoms with Crippen LogP contribution >= 0.6 is 0 Å². The Kier molecular flexibility index (Phi) is 4.60. The fourth-order valence-corrected chi connectivity index (χ4v) is 3.31. The van der Waals surface area contributed by atoms with Crippen molar-refractivity contribution in [1.82, 2.24) is 14.8 Å². The first-order valence-electron chi connectivity index (χ1n) is 8.59. The van der Waals surface area contributed by atoms with Crippen LogP contribution in [0, 0.1) is 5.82 Å². The Labute approximate surface area is 161 Å². The quantitative estimate of drug-likeness (QED) is 0.728. The van der Waals surface area contributed by atoms with Crippen LogP contribution in [0.2, 0.25) is 0 Å². The second-order valence-corrected chi connectivity index (χ2v) is 6.11. The summed E-state index contributed by atoms with van der Waals surface area (Å²) in [5.74, 6) is 1.90. The van der Waals surface area contributed by atoms with Gasteiger partial charge >= 0.3 is 0 Å². The molecule has 3 aromatic rings. The summed E-state index contributed by atoms with van der Waals surface area (Å²) >= 11 is 0. The molecule has 2 heterocycles. The van der Waals surface area contributed by atoms with Crippen molar-refractivity contribution < 1.29 is 18.6 Å². The summed E-state index contributed by atoms with van der Waals surface area (Å²) in [4.78, 5) is 4.29. The van der Waals surface area contributed by atoms with E-state index in [9.17, 15) is 4.39 Å². The minimum atomic E-state index is -0.312. The van der Waals surface area contributed by atoms with E-state index in [1.54, 1.807) is 38.1 Å². The molecule has 1 N–H and O–H groups in total. The molecule has 1 aliphatic heterocycles. The van der Waals surface area contributed by atoms with Gasteiger partial charge in [0.1, 0.15) is 18.2 Å². The molecule has 1 aromatic heterocycles. The van der Waals surface area contributed by atoms with E-state index < -0.39 is 0 Å². The number of hydrogen-bond donors (Lipinski definition) is 1. The molecule has 1 aliphatic rings. The first kappa shape index (κ1) is 17.8. The summed E-state index contributed by atoms with van der Waals surface area (Å²) in [6, 6.07) is 9.67. The molecule has 28 heavy (non-hydrogen) atoms. The SMILES string of the molecule is COc1ccc([C@H]2C=C(c3ccc(F)cc3)Nc3ncnn32)c(OC)c1OC. The number of halogens is 1. The molecule has 144 valence electrons. The average molecular weight is 382 g/mol. The number of allylic oxidation sites excluding steroid dienone is 1. The predicted molar refractivity (Wildman–Crippen MR) is 102 cm³/mol. The predicted octanol–water partition coefficient (Wildman–Crippen LogP) is 3.50. The van der Waals surface area contributed by atoms with Crippen molar-refractivity contribution in [2.24, 2.45) is 0 Å². The summed E-state index contributed by atoms with van der Waals surface area (Å²) in [7, 11) is 4.71. The zero-order valence-electron chi connectivity index (χ0n) is 15.6. The summed E-state index contributed by atoms with van der Waals surface area (Å²) in [5, 5.41) is 7.57. The van der Waals surface area contributed by atoms with Gasteiger partial charge in [-0.3, -0.25) is 0 Å². The van der Waals surface area contributed by atoms with Gasteiger partial charge in [0.15, 0.2) is 11.5 Å². The molecule has 2 aromatic carbocycles. The summed E-state index contributed by atoms with van der Waals surface area (Å²) in [6.45, 7) is 0. The molecule has 7 nitrogen and oxygen atoms in total. The van der Waals surface area contributed by atoms with Crippen LogP contribution in [0.5, 0.6) is 17.2 Å². The summed E-state index contributed by atoms with van der Waals surface area (Å²) < 4.78 is 31.6. The molecule has 0 aliphatic carbocycles. The van der Waals surface area contributed by atoms with Crippen LogP contribution in [0.1, 0.15) is 17.2 Å². The van der Waals surface area contributed by atoms with Crippen LogP contribution in [-0.2, 0) is 0 Å². The Morgan fingerprint density at radius 2 is 1.71 bits per heavy atom. The second-order valence-electron chi connectivity index (χ2n) is 6.11. The topological polar surface area (TPSA) is 70.4 Å². The van der Waals surface area contributed by atoms with Crippen LogP contribution in [-0.4, -0.2) is 36.1 Å². The largest absolute Gasteiger partial charge is 0.493 e. The Bertz CT molecular complexity index is 1030. The molecule has 0 fully saturated rings. The molecule has 0 amide bonds. The zero-order chi connectivity index (χ0) is 19.7. The van der Waals surface area contributed by atoms with Crippen molar-refractivity contribution in [3.8, 4) is 17.2 Å². The van der Waals surface area contributed by atoms with Gasteiger partial charge in [0.2, 0.25) is 11.7 Å². The van der Waals surface area contributed by atoms with Crippen molar-refractivity contribution in [1.29, 1.82) is 0 Å². The Balaban J connectivity index is 1.87. The lowest BCUT2D eigenvalue weighted by atomic mass is 10.00. The fraction of sp³-hybridized carbons (Fsp3) is 0.200. The number of ether oxygens (including phenoxy) is 3. The lowest BCUT2D eigenvalue weighted by Crippen LogP contribution is -2.21. The van der Waals surface area contributed by atoms with Crippen molar-refractivity contribution in [3.63, 3.8) is 0 Å². The highest BCUT2D eigenvalue weighted by Gasteiger charge is 2.28. The molecule has 1 atom stereocenters. The highest BCUT2D eigenvalue weighted by Crippen LogP contribution is 2.45. The number of aromatic nitrogens is 3. The number of rotatable bonds is 5. The van der Waals surface area contributed by atoms with Gasteiger partial charge in [-0.15, -0.1) is 0 Å². The minimum Gasteiger partial charge on any atom is -0.493 e. The van der Waals surface area contributed by atoms with Gasteiger partial charge < -0.3 is 19.5 Å². The van der Waals surface area contributed by atoms with E-state index in [2.05, 4.69) is 15.4 Å². The smallest absolute Gasteiger partial charge is 0.226 e. The molecular weight excluding hydrogens is 363 g/mol. The molecule has 0 bridgehead atoms. The Morgan fingerprint density at radius 3 is 2.39 bits per heavy atom. The van der Waals surface area contributed by atoms with Crippen LogP contribution in [0.4, 0.5) is 10.3 Å². The lowest BCUT2D eigenvalue weighted by Gasteiger charge is -2.26. The van der Waals surface area contributed by atoms with E-state index in [1.807, 2.05) is 18.2 Å². The number of nitrogens with one attached hydrogen (secondary N) is 1. The third-order valence-electron chi connectivity index (χ3n) is 4.62. The highest BCUT2D eigenvalue weighted by atomic mass is 19.1. The number of anilines is 1. The number of nitrogens with zero attached hydrogens (tertiary/aromatic N) is 3. The van der Waals surface area contributed by atoms with Gasteiger partial charge in [0.25, 0.3) is 0 Å². The molecule has 8 heteroatoms. The maximum atomic E-state index is 13.3. The fourth-order valence-electron chi connectivity index (χ4n) is 3.31. The average Bonchev–Trinajstić information content (AvgIpc) is 3.21. The van der Waals surface area contributed by atoms with E-state index in [-0.39, 0.29) is 11.9 Å². The highest BCUT2D eigenvalue weighted by molar-refractivity contribution is 5.77. The van der Waals surface area contributed by atoms with E-state index in [4.69, 9.17) is 14.2 Å². The molecule has 0 saturated carbocycles. The Morgan fingerprint density at radius 1 is 0.964 bits per heavy atom. The minimum absolute atomic E-state index is 0.290. The second kappa shape index (κ2) is 7.22. The number of benzene rings is 2. The third-order valence-corrected chi connectivity index (χ3v) is 4.62. The maximum absolute atomic E-state index is 13.3. The van der Waals surface area contributed by atoms with Crippen molar-refractivity contribution in [3.05, 3.63) is 65.7 Å². The molecule has 4 rings (SSSR count). The van der Waals surface area contributed by atoms with Gasteiger partial charge in [-0.1, -0.05) is 0 Å². The standard InChI is InChI=1S/C20H19FN4O3/c1-26-17-9-8-14(18(27-2)19(17)28-3)16-10-15(12-4-6-13(21)7-5-12)24-20-22-11-23-25(16)20/h4-11,16H,1-3H3,(H,22,23,24)/t16-/m1/s1. The van der Waals surface area contributed by atoms with Crippen LogP contribution < -0.4 is 19.5 Å². The monoisotopic (exact) mass is 382 g/mol. The molecule has 0 unspecified atom stereocenters. The van der Waals surface area contributed by atoms with Crippen LogP contribution in [0.15, 0.2) is 48.8 Å². The number of methoxy groups -OCH3 is 3. The van der Waals surface area contributed by atoms with Gasteiger partial charge in [-0.2, -0.15) is 10.1 Å². The van der Waals surface area contributed by atoms with E-state index in [0.29, 0.717) is 23.2 Å². The normalized spacial score (nSPS) is 15.3. The third kappa shape index (κ3) is 2.92. The lowest BCUT2D eigenvalue weighted by molar-refractivity contribution is 0.320. The van der Waals surface area contributed by atoms with Crippen molar-refractivity contribution >= 4 is 11.6 Å². The van der Waals surface area contributed by atoms with Gasteiger partial charge in [-0.05, 0) is 48.0 Å². The van der Waals surface area contributed by atoms with E-state index in [0.717, 1.165) is 16.8 Å². The molecule has 0 radical (unpaired) electrons. The van der Waals surface area contributed by atoms with Gasteiger partial charge in [-0.25, -0.2) is 9.07 Å². The van der Waals surface area contributed by atoms with Gasteiger partial charge in [0.05, 0.1) is 21.3 Å². The molecule has 0 saturated heterocycles. The zero-order valence-corrected chi connectivity index (χ0v) is 15.6.